The second-order valence-corrected chi connectivity index (χ2v) is 4.96. The summed E-state index contributed by atoms with van der Waals surface area (Å²) in [5.74, 6) is 1.26. The van der Waals surface area contributed by atoms with Gasteiger partial charge < -0.3 is 9.47 Å². The third-order valence-electron chi connectivity index (χ3n) is 3.18. The van der Waals surface area contributed by atoms with Crippen LogP contribution in [0.15, 0.2) is 79.9 Å². The molecule has 0 spiro atoms. The maximum absolute atomic E-state index is 12.2. The van der Waals surface area contributed by atoms with Gasteiger partial charge in [0, 0.05) is 17.2 Å². The molecule has 0 fully saturated rings. The van der Waals surface area contributed by atoms with Crippen LogP contribution >= 0.6 is 0 Å². The monoisotopic (exact) mass is 320 g/mol. The molecule has 2 aromatic carbocycles. The minimum atomic E-state index is -0.0581. The van der Waals surface area contributed by atoms with Crippen molar-refractivity contribution in [3.05, 3.63) is 91.0 Å². The molecule has 0 N–H and O–H groups in total. The van der Waals surface area contributed by atoms with Crippen molar-refractivity contribution in [2.75, 3.05) is 13.2 Å². The van der Waals surface area contributed by atoms with E-state index in [9.17, 15) is 4.79 Å². The molecule has 0 unspecified atom stereocenters. The Labute approximate surface area is 142 Å². The first kappa shape index (κ1) is 17.3. The first-order chi connectivity index (χ1) is 11.7. The standard InChI is InChI=1S/C21H20O3/c1-3-14-23-19-12-10-18(21(16-19)24-15-4-2)11-13-20(22)17-8-6-5-7-9-17/h3-13,16H,1-2,14-15H2/b13-11+. The van der Waals surface area contributed by atoms with Crippen molar-refractivity contribution in [2.24, 2.45) is 0 Å². The molecule has 0 saturated heterocycles. The molecule has 0 aromatic heterocycles. The van der Waals surface area contributed by atoms with Crippen molar-refractivity contribution in [3.8, 4) is 11.5 Å². The van der Waals surface area contributed by atoms with Gasteiger partial charge in [-0.3, -0.25) is 4.79 Å². The van der Waals surface area contributed by atoms with Crippen LogP contribution in [-0.2, 0) is 0 Å². The smallest absolute Gasteiger partial charge is 0.185 e. The van der Waals surface area contributed by atoms with Crippen LogP contribution in [-0.4, -0.2) is 19.0 Å². The van der Waals surface area contributed by atoms with E-state index in [-0.39, 0.29) is 5.78 Å². The van der Waals surface area contributed by atoms with E-state index in [1.54, 1.807) is 36.4 Å². The first-order valence-electron chi connectivity index (χ1n) is 7.63. The second kappa shape index (κ2) is 9.16. The highest BCUT2D eigenvalue weighted by Crippen LogP contribution is 2.26. The fourth-order valence-corrected chi connectivity index (χ4v) is 2.04. The number of hydrogen-bond donors (Lipinski definition) is 0. The minimum absolute atomic E-state index is 0.0581. The molecular weight excluding hydrogens is 300 g/mol. The summed E-state index contributed by atoms with van der Waals surface area (Å²) in [5.41, 5.74) is 1.44. The SMILES string of the molecule is C=CCOc1ccc(/C=C/C(=O)c2ccccc2)c(OCC=C)c1. The Hall–Kier alpha value is -3.07. The highest BCUT2D eigenvalue weighted by Gasteiger charge is 2.05. The summed E-state index contributed by atoms with van der Waals surface area (Å²) in [4.78, 5) is 12.2. The first-order valence-corrected chi connectivity index (χ1v) is 7.63. The molecule has 0 bridgehead atoms. The zero-order valence-electron chi connectivity index (χ0n) is 13.5. The number of rotatable bonds is 9. The van der Waals surface area contributed by atoms with Gasteiger partial charge in [-0.2, -0.15) is 0 Å². The third-order valence-corrected chi connectivity index (χ3v) is 3.18. The summed E-state index contributed by atoms with van der Waals surface area (Å²) in [6.07, 6.45) is 6.62. The molecule has 0 radical (unpaired) electrons. The lowest BCUT2D eigenvalue weighted by Crippen LogP contribution is -1.98. The van der Waals surface area contributed by atoms with Gasteiger partial charge in [0.1, 0.15) is 24.7 Å². The average Bonchev–Trinajstić information content (AvgIpc) is 2.64. The Morgan fingerprint density at radius 3 is 2.38 bits per heavy atom. The topological polar surface area (TPSA) is 35.5 Å². The Morgan fingerprint density at radius 1 is 0.958 bits per heavy atom. The van der Waals surface area contributed by atoms with E-state index < -0.39 is 0 Å². The van der Waals surface area contributed by atoms with E-state index in [2.05, 4.69) is 13.2 Å². The highest BCUT2D eigenvalue weighted by atomic mass is 16.5. The molecule has 24 heavy (non-hydrogen) atoms. The lowest BCUT2D eigenvalue weighted by Gasteiger charge is -2.10. The predicted octanol–water partition coefficient (Wildman–Crippen LogP) is 4.71. The Bertz CT molecular complexity index is 730. The summed E-state index contributed by atoms with van der Waals surface area (Å²) in [5, 5.41) is 0. The van der Waals surface area contributed by atoms with Gasteiger partial charge in [0.15, 0.2) is 5.78 Å². The molecule has 2 rings (SSSR count). The number of hydrogen-bond acceptors (Lipinski definition) is 3. The van der Waals surface area contributed by atoms with E-state index in [0.717, 1.165) is 5.56 Å². The molecule has 0 saturated carbocycles. The van der Waals surface area contributed by atoms with Crippen LogP contribution in [0.25, 0.3) is 6.08 Å². The van der Waals surface area contributed by atoms with Crippen LogP contribution in [0, 0.1) is 0 Å². The number of ketones is 1. The van der Waals surface area contributed by atoms with Crippen molar-refractivity contribution in [1.82, 2.24) is 0 Å². The fourth-order valence-electron chi connectivity index (χ4n) is 2.04. The lowest BCUT2D eigenvalue weighted by atomic mass is 10.1. The Kier molecular flexibility index (Phi) is 6.59. The van der Waals surface area contributed by atoms with Gasteiger partial charge in [-0.15, -0.1) is 0 Å². The van der Waals surface area contributed by atoms with Crippen LogP contribution < -0.4 is 9.47 Å². The van der Waals surface area contributed by atoms with Crippen LogP contribution in [0.2, 0.25) is 0 Å². The van der Waals surface area contributed by atoms with E-state index in [4.69, 9.17) is 9.47 Å². The molecule has 0 amide bonds. The normalized spacial score (nSPS) is 10.3. The molecule has 0 atom stereocenters. The number of carbonyl (C=O) groups excluding carboxylic acids is 1. The van der Waals surface area contributed by atoms with Crippen molar-refractivity contribution in [2.45, 2.75) is 0 Å². The number of benzene rings is 2. The average molecular weight is 320 g/mol. The van der Waals surface area contributed by atoms with Crippen LogP contribution in [0.3, 0.4) is 0 Å². The van der Waals surface area contributed by atoms with Crippen molar-refractivity contribution < 1.29 is 14.3 Å². The van der Waals surface area contributed by atoms with Crippen molar-refractivity contribution in [3.63, 3.8) is 0 Å². The predicted molar refractivity (Wildman–Crippen MR) is 97.6 cm³/mol. The van der Waals surface area contributed by atoms with Gasteiger partial charge in [0.2, 0.25) is 0 Å². The molecule has 3 heteroatoms. The lowest BCUT2D eigenvalue weighted by molar-refractivity contribution is 0.104. The summed E-state index contributed by atoms with van der Waals surface area (Å²) >= 11 is 0. The van der Waals surface area contributed by atoms with Crippen LogP contribution in [0.1, 0.15) is 15.9 Å². The maximum Gasteiger partial charge on any atom is 0.185 e. The minimum Gasteiger partial charge on any atom is -0.489 e. The zero-order valence-corrected chi connectivity index (χ0v) is 13.5. The Morgan fingerprint density at radius 2 is 1.67 bits per heavy atom. The molecule has 0 heterocycles. The number of ether oxygens (including phenoxy) is 2. The fraction of sp³-hybridized carbons (Fsp3) is 0.0952. The van der Waals surface area contributed by atoms with Gasteiger partial charge in [-0.05, 0) is 24.3 Å². The van der Waals surface area contributed by atoms with E-state index in [1.807, 2.05) is 30.3 Å². The maximum atomic E-state index is 12.2. The molecule has 0 aliphatic carbocycles. The summed E-state index contributed by atoms with van der Waals surface area (Å²) in [7, 11) is 0. The van der Waals surface area contributed by atoms with E-state index in [1.165, 1.54) is 6.08 Å². The number of allylic oxidation sites excluding steroid dienone is 1. The largest absolute Gasteiger partial charge is 0.489 e. The second-order valence-electron chi connectivity index (χ2n) is 4.96. The zero-order chi connectivity index (χ0) is 17.2. The van der Waals surface area contributed by atoms with Gasteiger partial charge >= 0.3 is 0 Å². The van der Waals surface area contributed by atoms with E-state index in [0.29, 0.717) is 30.3 Å². The van der Waals surface area contributed by atoms with Gasteiger partial charge in [0.25, 0.3) is 0 Å². The van der Waals surface area contributed by atoms with Crippen LogP contribution in [0.5, 0.6) is 11.5 Å². The quantitative estimate of drug-likeness (QED) is 0.381. The van der Waals surface area contributed by atoms with Crippen LogP contribution in [0.4, 0.5) is 0 Å². The van der Waals surface area contributed by atoms with Gasteiger partial charge in [-0.25, -0.2) is 0 Å². The molecular formula is C21H20O3. The molecule has 2 aromatic rings. The van der Waals surface area contributed by atoms with E-state index >= 15 is 0 Å². The summed E-state index contributed by atoms with van der Waals surface area (Å²) < 4.78 is 11.2. The summed E-state index contributed by atoms with van der Waals surface area (Å²) in [6.45, 7) is 8.07. The Balaban J connectivity index is 2.20. The highest BCUT2D eigenvalue weighted by molar-refractivity contribution is 6.06. The summed E-state index contributed by atoms with van der Waals surface area (Å²) in [6, 6.07) is 14.6. The molecule has 0 aliphatic heterocycles. The molecule has 0 aliphatic rings. The van der Waals surface area contributed by atoms with Crippen molar-refractivity contribution in [1.29, 1.82) is 0 Å². The van der Waals surface area contributed by atoms with Gasteiger partial charge in [0.05, 0.1) is 0 Å². The molecule has 122 valence electrons. The van der Waals surface area contributed by atoms with Gasteiger partial charge in [-0.1, -0.05) is 55.6 Å². The number of carbonyl (C=O) groups is 1. The molecule has 3 nitrogen and oxygen atoms in total. The van der Waals surface area contributed by atoms with Crippen molar-refractivity contribution >= 4 is 11.9 Å². The third kappa shape index (κ3) is 4.99.